The summed E-state index contributed by atoms with van der Waals surface area (Å²) in [5.74, 6) is -1.65. The van der Waals surface area contributed by atoms with Gasteiger partial charge in [0.1, 0.15) is 0 Å². The van der Waals surface area contributed by atoms with Crippen LogP contribution in [-0.2, 0) is 20.3 Å². The van der Waals surface area contributed by atoms with Crippen molar-refractivity contribution in [3.05, 3.63) is 34.5 Å². The number of aromatic carboxylic acids is 1. The van der Waals surface area contributed by atoms with E-state index in [9.17, 15) is 18.3 Å². The second kappa shape index (κ2) is 5.82. The van der Waals surface area contributed by atoms with Gasteiger partial charge in [0.15, 0.2) is 15.5 Å². The Kier molecular flexibility index (Phi) is 3.86. The Balaban J connectivity index is 2.02. The van der Waals surface area contributed by atoms with Gasteiger partial charge in [-0.2, -0.15) is 5.10 Å². The van der Waals surface area contributed by atoms with Gasteiger partial charge in [-0.15, -0.1) is 0 Å². The number of halogens is 1. The number of ether oxygens (including phenoxy) is 1. The summed E-state index contributed by atoms with van der Waals surface area (Å²) in [5.41, 5.74) is 0.973. The molecule has 0 amide bonds. The molecule has 0 bridgehead atoms. The molecule has 7 nitrogen and oxygen atoms in total. The highest BCUT2D eigenvalue weighted by molar-refractivity contribution is 7.91. The number of sulfone groups is 1. The number of fused-ring (bicyclic) bond motifs is 3. The molecule has 25 heavy (non-hydrogen) atoms. The zero-order valence-corrected chi connectivity index (χ0v) is 14.7. The molecule has 0 radical (unpaired) electrons. The summed E-state index contributed by atoms with van der Waals surface area (Å²) < 4.78 is 32.4. The minimum atomic E-state index is -3.73. The SMILES string of the molecule is O=C(O)c1nn(C2CCOCC2)c2c1CS(=O)(=O)c1c(Cl)cccc1-2. The van der Waals surface area contributed by atoms with Gasteiger partial charge in [0, 0.05) is 24.3 Å². The summed E-state index contributed by atoms with van der Waals surface area (Å²) in [4.78, 5) is 11.7. The summed E-state index contributed by atoms with van der Waals surface area (Å²) >= 11 is 6.16. The number of nitrogens with zero attached hydrogens (tertiary/aromatic N) is 2. The van der Waals surface area contributed by atoms with E-state index in [0.717, 1.165) is 0 Å². The topological polar surface area (TPSA) is 98.5 Å². The number of aromatic nitrogens is 2. The van der Waals surface area contributed by atoms with Crippen LogP contribution in [0.2, 0.25) is 5.02 Å². The number of carbonyl (C=O) groups is 1. The van der Waals surface area contributed by atoms with Crippen molar-refractivity contribution in [2.24, 2.45) is 0 Å². The van der Waals surface area contributed by atoms with Crippen LogP contribution in [0, 0.1) is 0 Å². The highest BCUT2D eigenvalue weighted by atomic mass is 35.5. The standard InChI is InChI=1S/C16H15ClN2O5S/c17-12-3-1-2-10-14-11(8-25(22,23)15(10)12)13(16(20)21)18-19(14)9-4-6-24-7-5-9/h1-3,9H,4-8H2,(H,20,21). The number of benzene rings is 1. The average molecular weight is 383 g/mol. The first kappa shape index (κ1) is 16.6. The first-order chi connectivity index (χ1) is 11.9. The van der Waals surface area contributed by atoms with E-state index in [4.69, 9.17) is 16.3 Å². The van der Waals surface area contributed by atoms with Gasteiger partial charge in [-0.3, -0.25) is 4.68 Å². The molecule has 9 heteroatoms. The van der Waals surface area contributed by atoms with Gasteiger partial charge >= 0.3 is 5.97 Å². The molecule has 132 valence electrons. The van der Waals surface area contributed by atoms with E-state index in [2.05, 4.69) is 5.10 Å². The summed E-state index contributed by atoms with van der Waals surface area (Å²) in [6, 6.07) is 4.80. The van der Waals surface area contributed by atoms with Crippen molar-refractivity contribution in [3.63, 3.8) is 0 Å². The van der Waals surface area contributed by atoms with Gasteiger partial charge in [0.2, 0.25) is 0 Å². The van der Waals surface area contributed by atoms with Gasteiger partial charge < -0.3 is 9.84 Å². The molecule has 0 aliphatic carbocycles. The van der Waals surface area contributed by atoms with Crippen LogP contribution in [0.4, 0.5) is 0 Å². The van der Waals surface area contributed by atoms with E-state index < -0.39 is 21.6 Å². The van der Waals surface area contributed by atoms with Crippen LogP contribution in [0.15, 0.2) is 23.1 Å². The Labute approximate surface area is 149 Å². The molecule has 2 aromatic rings. The number of carboxylic acid groups (broad SMARTS) is 1. The molecule has 4 rings (SSSR count). The van der Waals surface area contributed by atoms with Gasteiger partial charge in [-0.25, -0.2) is 13.2 Å². The Morgan fingerprint density at radius 2 is 2.04 bits per heavy atom. The molecule has 0 saturated carbocycles. The van der Waals surface area contributed by atoms with Crippen molar-refractivity contribution in [1.82, 2.24) is 9.78 Å². The number of hydrogen-bond donors (Lipinski definition) is 1. The smallest absolute Gasteiger partial charge is 0.356 e. The second-order valence-corrected chi connectivity index (χ2v) is 8.48. The van der Waals surface area contributed by atoms with E-state index >= 15 is 0 Å². The minimum Gasteiger partial charge on any atom is -0.476 e. The summed E-state index contributed by atoms with van der Waals surface area (Å²) in [6.07, 6.45) is 1.38. The van der Waals surface area contributed by atoms with E-state index in [1.807, 2.05) is 0 Å². The molecule has 3 heterocycles. The molecule has 1 N–H and O–H groups in total. The summed E-state index contributed by atoms with van der Waals surface area (Å²) in [7, 11) is -3.73. The Bertz CT molecular complexity index is 977. The number of rotatable bonds is 2. The van der Waals surface area contributed by atoms with Gasteiger partial charge in [-0.1, -0.05) is 23.7 Å². The molecule has 2 aliphatic rings. The predicted molar refractivity (Wildman–Crippen MR) is 89.6 cm³/mol. The number of carboxylic acids is 1. The fourth-order valence-electron chi connectivity index (χ4n) is 3.53. The molecule has 1 fully saturated rings. The first-order valence-corrected chi connectivity index (χ1v) is 9.87. The molecule has 0 unspecified atom stereocenters. The van der Waals surface area contributed by atoms with Crippen LogP contribution in [-0.4, -0.2) is 42.5 Å². The van der Waals surface area contributed by atoms with Crippen molar-refractivity contribution < 1.29 is 23.1 Å². The van der Waals surface area contributed by atoms with Crippen LogP contribution in [0.5, 0.6) is 0 Å². The zero-order valence-electron chi connectivity index (χ0n) is 13.1. The zero-order chi connectivity index (χ0) is 17.8. The van der Waals surface area contributed by atoms with Crippen molar-refractivity contribution in [2.75, 3.05) is 13.2 Å². The van der Waals surface area contributed by atoms with E-state index in [-0.39, 0.29) is 27.2 Å². The third-order valence-corrected chi connectivity index (χ3v) is 6.77. The lowest BCUT2D eigenvalue weighted by Gasteiger charge is -2.26. The van der Waals surface area contributed by atoms with Gasteiger partial charge in [0.05, 0.1) is 27.4 Å². The molecule has 0 spiro atoms. The molecule has 1 saturated heterocycles. The van der Waals surface area contributed by atoms with Crippen molar-refractivity contribution in [1.29, 1.82) is 0 Å². The highest BCUT2D eigenvalue weighted by Crippen LogP contribution is 2.44. The lowest BCUT2D eigenvalue weighted by atomic mass is 10.0. The summed E-state index contributed by atoms with van der Waals surface area (Å²) in [6.45, 7) is 1.12. The average Bonchev–Trinajstić information content (AvgIpc) is 2.94. The molecule has 1 aromatic carbocycles. The quantitative estimate of drug-likeness (QED) is 0.856. The maximum Gasteiger partial charge on any atom is 0.356 e. The third kappa shape index (κ3) is 2.56. The van der Waals surface area contributed by atoms with Crippen LogP contribution in [0.1, 0.15) is 34.9 Å². The van der Waals surface area contributed by atoms with Gasteiger partial charge in [0.25, 0.3) is 0 Å². The monoisotopic (exact) mass is 382 g/mol. The van der Waals surface area contributed by atoms with Crippen molar-refractivity contribution >= 4 is 27.4 Å². The lowest BCUT2D eigenvalue weighted by Crippen LogP contribution is -2.22. The molecule has 1 aromatic heterocycles. The van der Waals surface area contributed by atoms with Crippen molar-refractivity contribution in [2.45, 2.75) is 29.5 Å². The van der Waals surface area contributed by atoms with E-state index in [1.165, 1.54) is 6.07 Å². The van der Waals surface area contributed by atoms with Crippen LogP contribution >= 0.6 is 11.6 Å². The third-order valence-electron chi connectivity index (χ3n) is 4.62. The van der Waals surface area contributed by atoms with E-state index in [1.54, 1.807) is 16.8 Å². The van der Waals surface area contributed by atoms with Crippen LogP contribution in [0.25, 0.3) is 11.3 Å². The molecule has 0 atom stereocenters. The lowest BCUT2D eigenvalue weighted by molar-refractivity contribution is 0.0648. The maximum atomic E-state index is 12.7. The van der Waals surface area contributed by atoms with E-state index in [0.29, 0.717) is 37.3 Å². The first-order valence-electron chi connectivity index (χ1n) is 7.84. The maximum absolute atomic E-state index is 12.7. The number of hydrogen-bond acceptors (Lipinski definition) is 5. The van der Waals surface area contributed by atoms with Crippen molar-refractivity contribution in [3.8, 4) is 11.3 Å². The molecule has 2 aliphatic heterocycles. The fourth-order valence-corrected chi connectivity index (χ4v) is 5.72. The molecular weight excluding hydrogens is 368 g/mol. The largest absolute Gasteiger partial charge is 0.476 e. The van der Waals surface area contributed by atoms with Crippen LogP contribution in [0.3, 0.4) is 0 Å². The van der Waals surface area contributed by atoms with Crippen LogP contribution < -0.4 is 0 Å². The van der Waals surface area contributed by atoms with Gasteiger partial charge in [-0.05, 0) is 18.9 Å². The second-order valence-electron chi connectivity index (χ2n) is 6.14. The highest BCUT2D eigenvalue weighted by Gasteiger charge is 2.38. The molecular formula is C16H15ClN2O5S. The normalized spacial score (nSPS) is 19.2. The Hall–Kier alpha value is -1.90. The Morgan fingerprint density at radius 3 is 2.72 bits per heavy atom. The Morgan fingerprint density at radius 1 is 1.32 bits per heavy atom. The predicted octanol–water partition coefficient (Wildman–Crippen LogP) is 2.54. The minimum absolute atomic E-state index is 0.0387. The fraction of sp³-hybridized carbons (Fsp3) is 0.375. The summed E-state index contributed by atoms with van der Waals surface area (Å²) in [5, 5.41) is 13.9.